The molecule has 4 nitrogen and oxygen atoms in total. The largest absolute Gasteiger partial charge is 0.508 e. The van der Waals surface area contributed by atoms with Crippen LogP contribution in [0.5, 0.6) is 5.75 Å². The lowest BCUT2D eigenvalue weighted by Crippen LogP contribution is -2.13. The number of phenolic OH excluding ortho intramolecular Hbond substituents is 1. The van der Waals surface area contributed by atoms with Gasteiger partial charge in [0, 0.05) is 13.5 Å². The Morgan fingerprint density at radius 3 is 2.75 bits per heavy atom. The van der Waals surface area contributed by atoms with Gasteiger partial charge in [-0.2, -0.15) is 0 Å². The van der Waals surface area contributed by atoms with Gasteiger partial charge in [0.1, 0.15) is 11.9 Å². The van der Waals surface area contributed by atoms with Crippen molar-refractivity contribution in [2.24, 2.45) is 0 Å². The normalized spacial score (nSPS) is 24.4. The van der Waals surface area contributed by atoms with Gasteiger partial charge in [-0.3, -0.25) is 4.79 Å². The summed E-state index contributed by atoms with van der Waals surface area (Å²) in [6.45, 7) is 0.431. The van der Waals surface area contributed by atoms with Crippen LogP contribution >= 0.6 is 0 Å². The van der Waals surface area contributed by atoms with E-state index in [4.69, 9.17) is 14.6 Å². The molecule has 86 valence electrons. The molecule has 0 aromatic heterocycles. The van der Waals surface area contributed by atoms with Crippen LogP contribution < -0.4 is 0 Å². The highest BCUT2D eigenvalue weighted by molar-refractivity contribution is 5.80. The van der Waals surface area contributed by atoms with Crippen molar-refractivity contribution in [3.05, 3.63) is 29.8 Å². The van der Waals surface area contributed by atoms with E-state index in [-0.39, 0.29) is 23.7 Å². The predicted molar refractivity (Wildman–Crippen MR) is 57.2 cm³/mol. The van der Waals surface area contributed by atoms with Gasteiger partial charge in [0.15, 0.2) is 0 Å². The van der Waals surface area contributed by atoms with Crippen LogP contribution in [0.15, 0.2) is 24.3 Å². The highest BCUT2D eigenvalue weighted by atomic mass is 16.6. The monoisotopic (exact) mass is 222 g/mol. The molecule has 1 aromatic carbocycles. The summed E-state index contributed by atoms with van der Waals surface area (Å²) in [5.74, 6) is -0.253. The lowest BCUT2D eigenvalue weighted by Gasteiger charge is -2.06. The Balaban J connectivity index is 2.10. The van der Waals surface area contributed by atoms with E-state index in [0.29, 0.717) is 13.0 Å². The Kier molecular flexibility index (Phi) is 3.10. The Labute approximate surface area is 93.8 Å². The molecule has 2 atom stereocenters. The topological polar surface area (TPSA) is 55.8 Å². The molecule has 4 heteroatoms. The number of methoxy groups -OCH3 is 1. The molecule has 1 aliphatic heterocycles. The van der Waals surface area contributed by atoms with Gasteiger partial charge in [0.05, 0.1) is 12.5 Å². The minimum Gasteiger partial charge on any atom is -0.508 e. The van der Waals surface area contributed by atoms with Gasteiger partial charge >= 0.3 is 5.97 Å². The molecular weight excluding hydrogens is 208 g/mol. The summed E-state index contributed by atoms with van der Waals surface area (Å²) in [7, 11) is 1.59. The van der Waals surface area contributed by atoms with Crippen molar-refractivity contribution in [3.8, 4) is 5.75 Å². The second-order valence-corrected chi connectivity index (χ2v) is 3.89. The van der Waals surface area contributed by atoms with Crippen molar-refractivity contribution in [1.29, 1.82) is 0 Å². The summed E-state index contributed by atoms with van der Waals surface area (Å²) < 4.78 is 10.1. The molecule has 16 heavy (non-hydrogen) atoms. The average Bonchev–Trinajstić information content (AvgIpc) is 2.61. The van der Waals surface area contributed by atoms with Crippen LogP contribution in [0, 0.1) is 0 Å². The smallest absolute Gasteiger partial charge is 0.313 e. The molecule has 1 saturated heterocycles. The number of cyclic esters (lactones) is 1. The highest BCUT2D eigenvalue weighted by Crippen LogP contribution is 2.31. The Morgan fingerprint density at radius 2 is 2.12 bits per heavy atom. The Bertz CT molecular complexity index is 371. The molecule has 1 aromatic rings. The number of hydrogen-bond donors (Lipinski definition) is 1. The SMILES string of the molecule is COCC1CC(c2ccc(O)cc2)C(=O)O1. The maximum absolute atomic E-state index is 11.6. The van der Waals surface area contributed by atoms with E-state index in [1.54, 1.807) is 31.4 Å². The van der Waals surface area contributed by atoms with Crippen molar-refractivity contribution in [3.63, 3.8) is 0 Å². The summed E-state index contributed by atoms with van der Waals surface area (Å²) >= 11 is 0. The van der Waals surface area contributed by atoms with Gasteiger partial charge in [-0.1, -0.05) is 12.1 Å². The quantitative estimate of drug-likeness (QED) is 0.786. The van der Waals surface area contributed by atoms with Crippen LogP contribution in [0.4, 0.5) is 0 Å². The second kappa shape index (κ2) is 4.53. The number of esters is 1. The van der Waals surface area contributed by atoms with Crippen LogP contribution in [0.25, 0.3) is 0 Å². The van der Waals surface area contributed by atoms with Crippen LogP contribution in [0.3, 0.4) is 0 Å². The summed E-state index contributed by atoms with van der Waals surface area (Å²) in [6.07, 6.45) is 0.480. The summed E-state index contributed by atoms with van der Waals surface area (Å²) in [5.41, 5.74) is 0.876. The molecule has 2 unspecified atom stereocenters. The first-order valence-electron chi connectivity index (χ1n) is 5.19. The molecule has 0 saturated carbocycles. The van der Waals surface area contributed by atoms with Crippen molar-refractivity contribution in [1.82, 2.24) is 0 Å². The standard InChI is InChI=1S/C12H14O4/c1-15-7-10-6-11(12(14)16-10)8-2-4-9(13)5-3-8/h2-5,10-11,13H,6-7H2,1H3. The van der Waals surface area contributed by atoms with Crippen LogP contribution in [-0.2, 0) is 14.3 Å². The van der Waals surface area contributed by atoms with E-state index in [0.717, 1.165) is 5.56 Å². The van der Waals surface area contributed by atoms with Gasteiger partial charge < -0.3 is 14.6 Å². The molecule has 0 spiro atoms. The number of aromatic hydroxyl groups is 1. The van der Waals surface area contributed by atoms with Crippen molar-refractivity contribution >= 4 is 5.97 Å². The number of hydrogen-bond acceptors (Lipinski definition) is 4. The molecule has 1 N–H and O–H groups in total. The first-order chi connectivity index (χ1) is 7.70. The maximum atomic E-state index is 11.6. The van der Waals surface area contributed by atoms with Crippen LogP contribution in [0.1, 0.15) is 17.9 Å². The van der Waals surface area contributed by atoms with E-state index in [9.17, 15) is 4.79 Å². The van der Waals surface area contributed by atoms with E-state index in [1.807, 2.05) is 0 Å². The predicted octanol–water partition coefficient (Wildman–Crippen LogP) is 1.44. The second-order valence-electron chi connectivity index (χ2n) is 3.89. The third kappa shape index (κ3) is 2.17. The zero-order chi connectivity index (χ0) is 11.5. The lowest BCUT2D eigenvalue weighted by molar-refractivity contribution is -0.144. The number of rotatable bonds is 3. The first kappa shape index (κ1) is 11.0. The van der Waals surface area contributed by atoms with Crippen molar-refractivity contribution < 1.29 is 19.4 Å². The summed E-state index contributed by atoms with van der Waals surface area (Å²) in [5, 5.41) is 9.17. The summed E-state index contributed by atoms with van der Waals surface area (Å²) in [6, 6.07) is 6.64. The van der Waals surface area contributed by atoms with Gasteiger partial charge in [0.2, 0.25) is 0 Å². The molecule has 2 rings (SSSR count). The fourth-order valence-corrected chi connectivity index (χ4v) is 1.92. The number of benzene rings is 1. The van der Waals surface area contributed by atoms with Crippen LogP contribution in [0.2, 0.25) is 0 Å². The molecular formula is C12H14O4. The van der Waals surface area contributed by atoms with Crippen LogP contribution in [-0.4, -0.2) is 30.9 Å². The number of carbonyl (C=O) groups is 1. The molecule has 0 aliphatic carbocycles. The zero-order valence-corrected chi connectivity index (χ0v) is 9.05. The third-order valence-electron chi connectivity index (χ3n) is 2.71. The molecule has 1 heterocycles. The minimum absolute atomic E-state index is 0.156. The molecule has 1 aliphatic rings. The van der Waals surface area contributed by atoms with E-state index >= 15 is 0 Å². The van der Waals surface area contributed by atoms with Gasteiger partial charge in [-0.05, 0) is 17.7 Å². The first-order valence-corrected chi connectivity index (χ1v) is 5.19. The molecule has 0 amide bonds. The van der Waals surface area contributed by atoms with Crippen molar-refractivity contribution in [2.45, 2.75) is 18.4 Å². The average molecular weight is 222 g/mol. The number of carbonyl (C=O) groups excluding carboxylic acids is 1. The van der Waals surface area contributed by atoms with E-state index in [1.165, 1.54) is 0 Å². The Morgan fingerprint density at radius 1 is 1.44 bits per heavy atom. The summed E-state index contributed by atoms with van der Waals surface area (Å²) in [4.78, 5) is 11.6. The molecule has 0 radical (unpaired) electrons. The van der Waals surface area contributed by atoms with Crippen molar-refractivity contribution in [2.75, 3.05) is 13.7 Å². The molecule has 0 bridgehead atoms. The third-order valence-corrected chi connectivity index (χ3v) is 2.71. The Hall–Kier alpha value is -1.55. The van der Waals surface area contributed by atoms with Gasteiger partial charge in [0.25, 0.3) is 0 Å². The lowest BCUT2D eigenvalue weighted by atomic mass is 9.96. The van der Waals surface area contributed by atoms with E-state index < -0.39 is 0 Å². The van der Waals surface area contributed by atoms with Gasteiger partial charge in [-0.15, -0.1) is 0 Å². The number of phenols is 1. The highest BCUT2D eigenvalue weighted by Gasteiger charge is 2.35. The molecule has 1 fully saturated rings. The zero-order valence-electron chi connectivity index (χ0n) is 9.05. The van der Waals surface area contributed by atoms with Gasteiger partial charge in [-0.25, -0.2) is 0 Å². The number of ether oxygens (including phenoxy) is 2. The maximum Gasteiger partial charge on any atom is 0.313 e. The van der Waals surface area contributed by atoms with E-state index in [2.05, 4.69) is 0 Å². The fourth-order valence-electron chi connectivity index (χ4n) is 1.92. The fraction of sp³-hybridized carbons (Fsp3) is 0.417. The minimum atomic E-state index is -0.235.